The van der Waals surface area contributed by atoms with Crippen LogP contribution in [0, 0.1) is 0 Å². The zero-order chi connectivity index (χ0) is 14.3. The molecule has 0 atom stereocenters. The van der Waals surface area contributed by atoms with E-state index in [0.29, 0.717) is 0 Å². The van der Waals surface area contributed by atoms with Crippen molar-refractivity contribution in [1.82, 2.24) is 5.32 Å². The highest BCUT2D eigenvalue weighted by atomic mass is 19.3. The number of carbonyl (C=O) groups is 2. The second-order valence-corrected chi connectivity index (χ2v) is 3.63. The van der Waals surface area contributed by atoms with Gasteiger partial charge in [-0.15, -0.1) is 0 Å². The largest absolute Gasteiger partial charge is 0.550 e. The Labute approximate surface area is 108 Å². The minimum absolute atomic E-state index is 0.0384. The summed E-state index contributed by atoms with van der Waals surface area (Å²) in [7, 11) is 0. The van der Waals surface area contributed by atoms with Gasteiger partial charge < -0.3 is 20.0 Å². The Balaban J connectivity index is 2.42. The summed E-state index contributed by atoms with van der Waals surface area (Å²) in [5, 5.41) is 12.6. The van der Waals surface area contributed by atoms with Crippen molar-refractivity contribution in [3.05, 3.63) is 29.8 Å². The lowest BCUT2D eigenvalue weighted by Gasteiger charge is -2.07. The SMILES string of the molecule is O=C([O-])CCCNC(=O)c1ccc(OC(F)F)cc1. The van der Waals surface area contributed by atoms with Crippen LogP contribution in [0.15, 0.2) is 24.3 Å². The molecule has 7 heteroatoms. The molecule has 0 radical (unpaired) electrons. The number of rotatable bonds is 7. The van der Waals surface area contributed by atoms with Gasteiger partial charge in [-0.05, 0) is 37.1 Å². The Morgan fingerprint density at radius 1 is 1.26 bits per heavy atom. The van der Waals surface area contributed by atoms with Gasteiger partial charge in [-0.3, -0.25) is 4.79 Å². The molecule has 19 heavy (non-hydrogen) atoms. The molecule has 5 nitrogen and oxygen atoms in total. The van der Waals surface area contributed by atoms with Crippen molar-refractivity contribution in [1.29, 1.82) is 0 Å². The van der Waals surface area contributed by atoms with Crippen LogP contribution in [0.5, 0.6) is 5.75 Å². The van der Waals surface area contributed by atoms with Gasteiger partial charge in [0.15, 0.2) is 0 Å². The van der Waals surface area contributed by atoms with E-state index >= 15 is 0 Å². The zero-order valence-corrected chi connectivity index (χ0v) is 9.90. The summed E-state index contributed by atoms with van der Waals surface area (Å²) in [5.74, 6) is -1.63. The molecule has 1 amide bonds. The molecule has 0 aromatic heterocycles. The minimum Gasteiger partial charge on any atom is -0.550 e. The number of carboxylic acids is 1. The van der Waals surface area contributed by atoms with Crippen molar-refractivity contribution in [3.8, 4) is 5.75 Å². The molecule has 0 spiro atoms. The molecule has 1 rings (SSSR count). The van der Waals surface area contributed by atoms with Gasteiger partial charge in [0.2, 0.25) is 0 Å². The number of aliphatic carboxylic acids is 1. The average Bonchev–Trinajstić information content (AvgIpc) is 2.34. The van der Waals surface area contributed by atoms with E-state index in [2.05, 4.69) is 10.1 Å². The van der Waals surface area contributed by atoms with Crippen LogP contribution in [0.3, 0.4) is 0 Å². The Bertz CT molecular complexity index is 434. The van der Waals surface area contributed by atoms with Crippen molar-refractivity contribution in [2.24, 2.45) is 0 Å². The molecule has 0 saturated carbocycles. The number of nitrogens with one attached hydrogen (secondary N) is 1. The fourth-order valence-corrected chi connectivity index (χ4v) is 1.32. The van der Waals surface area contributed by atoms with Crippen LogP contribution in [0.1, 0.15) is 23.2 Å². The molecule has 0 aliphatic carbocycles. The lowest BCUT2D eigenvalue weighted by molar-refractivity contribution is -0.305. The first-order chi connectivity index (χ1) is 8.99. The summed E-state index contributed by atoms with van der Waals surface area (Å²) in [5.41, 5.74) is 0.273. The quantitative estimate of drug-likeness (QED) is 0.735. The Hall–Kier alpha value is -2.18. The van der Waals surface area contributed by atoms with E-state index in [1.807, 2.05) is 0 Å². The van der Waals surface area contributed by atoms with E-state index in [1.54, 1.807) is 0 Å². The molecule has 0 unspecified atom stereocenters. The second-order valence-electron chi connectivity index (χ2n) is 3.63. The van der Waals surface area contributed by atoms with Gasteiger partial charge in [0.1, 0.15) is 5.75 Å². The highest BCUT2D eigenvalue weighted by Gasteiger charge is 2.07. The Morgan fingerprint density at radius 2 is 1.89 bits per heavy atom. The smallest absolute Gasteiger partial charge is 0.387 e. The monoisotopic (exact) mass is 272 g/mol. The van der Waals surface area contributed by atoms with Gasteiger partial charge in [-0.1, -0.05) is 0 Å². The Morgan fingerprint density at radius 3 is 2.42 bits per heavy atom. The van der Waals surface area contributed by atoms with E-state index in [0.717, 1.165) is 0 Å². The number of amides is 1. The summed E-state index contributed by atoms with van der Waals surface area (Å²) in [6, 6.07) is 5.18. The summed E-state index contributed by atoms with van der Waals surface area (Å²) < 4.78 is 27.9. The number of ether oxygens (including phenoxy) is 1. The maximum Gasteiger partial charge on any atom is 0.387 e. The third-order valence-corrected chi connectivity index (χ3v) is 2.18. The van der Waals surface area contributed by atoms with Gasteiger partial charge in [0.05, 0.1) is 0 Å². The molecular weight excluding hydrogens is 260 g/mol. The predicted molar refractivity (Wildman–Crippen MR) is 59.6 cm³/mol. The van der Waals surface area contributed by atoms with Crippen molar-refractivity contribution in [2.45, 2.75) is 19.5 Å². The topological polar surface area (TPSA) is 78.5 Å². The number of hydrogen-bond acceptors (Lipinski definition) is 4. The highest BCUT2D eigenvalue weighted by Crippen LogP contribution is 2.14. The van der Waals surface area contributed by atoms with Crippen LogP contribution in [0.25, 0.3) is 0 Å². The van der Waals surface area contributed by atoms with Crippen molar-refractivity contribution in [2.75, 3.05) is 6.54 Å². The van der Waals surface area contributed by atoms with Crippen LogP contribution in [0.2, 0.25) is 0 Å². The molecule has 1 N–H and O–H groups in total. The molecule has 0 fully saturated rings. The molecule has 0 saturated heterocycles. The number of carboxylic acid groups (broad SMARTS) is 1. The summed E-state index contributed by atoms with van der Waals surface area (Å²) in [4.78, 5) is 21.7. The number of halogens is 2. The molecule has 0 bridgehead atoms. The van der Waals surface area contributed by atoms with Crippen LogP contribution in [0.4, 0.5) is 8.78 Å². The summed E-state index contributed by atoms with van der Waals surface area (Å²) >= 11 is 0. The van der Waals surface area contributed by atoms with Gasteiger partial charge in [-0.2, -0.15) is 8.78 Å². The van der Waals surface area contributed by atoms with Crippen molar-refractivity contribution in [3.63, 3.8) is 0 Å². The third-order valence-electron chi connectivity index (χ3n) is 2.18. The van der Waals surface area contributed by atoms with Crippen LogP contribution in [-0.2, 0) is 4.79 Å². The Kier molecular flexibility index (Phi) is 5.72. The predicted octanol–water partition coefficient (Wildman–Crippen LogP) is 0.548. The number of hydrogen-bond donors (Lipinski definition) is 1. The van der Waals surface area contributed by atoms with E-state index in [4.69, 9.17) is 0 Å². The second kappa shape index (κ2) is 7.30. The first-order valence-electron chi connectivity index (χ1n) is 5.52. The third kappa shape index (κ3) is 5.80. The first-order valence-corrected chi connectivity index (χ1v) is 5.52. The summed E-state index contributed by atoms with van der Waals surface area (Å²) in [6.45, 7) is -2.72. The number of carbonyl (C=O) groups excluding carboxylic acids is 2. The lowest BCUT2D eigenvalue weighted by Crippen LogP contribution is -2.27. The van der Waals surface area contributed by atoms with Crippen molar-refractivity contribution < 1.29 is 28.2 Å². The maximum atomic E-state index is 11.9. The van der Waals surface area contributed by atoms with Crippen molar-refractivity contribution >= 4 is 11.9 Å². The molecule has 1 aromatic carbocycles. The number of alkyl halides is 2. The summed E-state index contributed by atoms with van der Waals surface area (Å²) in [6.07, 6.45) is 0.127. The van der Waals surface area contributed by atoms with Crippen LogP contribution < -0.4 is 15.2 Å². The highest BCUT2D eigenvalue weighted by molar-refractivity contribution is 5.94. The fraction of sp³-hybridized carbons (Fsp3) is 0.333. The first kappa shape index (κ1) is 14.9. The zero-order valence-electron chi connectivity index (χ0n) is 9.90. The van der Waals surface area contributed by atoms with E-state index in [9.17, 15) is 23.5 Å². The van der Waals surface area contributed by atoms with E-state index in [1.165, 1.54) is 24.3 Å². The van der Waals surface area contributed by atoms with Gasteiger partial charge >= 0.3 is 6.61 Å². The molecule has 0 aliphatic rings. The molecule has 0 heterocycles. The minimum atomic E-state index is -2.91. The normalized spacial score (nSPS) is 10.3. The lowest BCUT2D eigenvalue weighted by atomic mass is 10.2. The van der Waals surface area contributed by atoms with E-state index in [-0.39, 0.29) is 30.7 Å². The van der Waals surface area contributed by atoms with E-state index < -0.39 is 18.5 Å². The van der Waals surface area contributed by atoms with Gasteiger partial charge in [0, 0.05) is 18.1 Å². The van der Waals surface area contributed by atoms with Gasteiger partial charge in [0.25, 0.3) is 5.91 Å². The molecule has 1 aromatic rings. The van der Waals surface area contributed by atoms with Crippen LogP contribution in [-0.4, -0.2) is 25.0 Å². The number of benzene rings is 1. The maximum absolute atomic E-state index is 11.9. The average molecular weight is 272 g/mol. The van der Waals surface area contributed by atoms with Gasteiger partial charge in [-0.25, -0.2) is 0 Å². The fourth-order valence-electron chi connectivity index (χ4n) is 1.32. The standard InChI is InChI=1S/C12H13F2NO4/c13-12(14)19-9-5-3-8(4-6-9)11(18)15-7-1-2-10(16)17/h3-6,12H,1-2,7H2,(H,15,18)(H,16,17)/p-1. The molecular formula is C12H12F2NO4-. The molecule has 0 aliphatic heterocycles. The van der Waals surface area contributed by atoms with Crippen LogP contribution >= 0.6 is 0 Å². The molecule has 104 valence electrons.